The Morgan fingerprint density at radius 2 is 2.00 bits per heavy atom. The van der Waals surface area contributed by atoms with Crippen molar-refractivity contribution in [1.82, 2.24) is 4.98 Å². The first-order valence-electron chi connectivity index (χ1n) is 4.73. The Kier molecular flexibility index (Phi) is 4.41. The van der Waals surface area contributed by atoms with Gasteiger partial charge in [-0.05, 0) is 0 Å². The molecular weight excluding hydrogens is 331 g/mol. The maximum atomic E-state index is 10.9. The molecule has 2 aromatic heterocycles. The molecule has 9 heteroatoms. The van der Waals surface area contributed by atoms with E-state index in [4.69, 9.17) is 23.2 Å². The molecule has 0 aliphatic heterocycles. The average molecular weight is 335 g/mol. The molecule has 0 aromatic carbocycles. The predicted molar refractivity (Wildman–Crippen MR) is 74.7 cm³/mol. The van der Waals surface area contributed by atoms with Crippen molar-refractivity contribution in [2.24, 2.45) is 0 Å². The van der Waals surface area contributed by atoms with E-state index in [0.717, 1.165) is 23.1 Å². The molecule has 0 saturated heterocycles. The van der Waals surface area contributed by atoms with Crippen LogP contribution in [0.5, 0.6) is 0 Å². The van der Waals surface area contributed by atoms with Gasteiger partial charge in [0.2, 0.25) is 0 Å². The number of aromatic nitrogens is 1. The molecule has 0 radical (unpaired) electrons. The van der Waals surface area contributed by atoms with Crippen LogP contribution in [0, 0.1) is 10.1 Å². The molecule has 0 atom stereocenters. The molecule has 5 nitrogen and oxygen atoms in total. The Morgan fingerprint density at radius 1 is 1.37 bits per heavy atom. The fourth-order valence-electron chi connectivity index (χ4n) is 1.23. The zero-order chi connectivity index (χ0) is 14.0. The van der Waals surface area contributed by atoms with E-state index >= 15 is 0 Å². The van der Waals surface area contributed by atoms with Crippen molar-refractivity contribution in [1.29, 1.82) is 0 Å². The number of aldehydes is 1. The van der Waals surface area contributed by atoms with Gasteiger partial charge in [-0.25, -0.2) is 0 Å². The van der Waals surface area contributed by atoms with Crippen LogP contribution in [0.4, 0.5) is 5.69 Å². The summed E-state index contributed by atoms with van der Waals surface area (Å²) in [6.07, 6.45) is 3.36. The van der Waals surface area contributed by atoms with Gasteiger partial charge in [0.05, 0.1) is 24.7 Å². The third kappa shape index (κ3) is 3.06. The molecule has 0 unspecified atom stereocenters. The van der Waals surface area contributed by atoms with Gasteiger partial charge in [0.1, 0.15) is 4.21 Å². The highest BCUT2D eigenvalue weighted by Gasteiger charge is 2.21. The van der Waals surface area contributed by atoms with Gasteiger partial charge in [0, 0.05) is 18.5 Å². The lowest BCUT2D eigenvalue weighted by Gasteiger charge is -2.03. The minimum Gasteiger partial charge on any atom is -0.297 e. The highest BCUT2D eigenvalue weighted by Crippen LogP contribution is 2.45. The van der Waals surface area contributed by atoms with Crippen LogP contribution in [0.3, 0.4) is 0 Å². The van der Waals surface area contributed by atoms with E-state index < -0.39 is 4.92 Å². The van der Waals surface area contributed by atoms with Gasteiger partial charge < -0.3 is 0 Å². The number of carbonyl (C=O) groups excluding carboxylic acids is 1. The van der Waals surface area contributed by atoms with Crippen LogP contribution in [0.1, 0.15) is 9.67 Å². The van der Waals surface area contributed by atoms with Gasteiger partial charge in [-0.3, -0.25) is 19.9 Å². The van der Waals surface area contributed by atoms with Crippen LogP contribution in [0.15, 0.2) is 27.6 Å². The predicted octanol–water partition coefficient (Wildman–Crippen LogP) is 4.32. The van der Waals surface area contributed by atoms with Crippen LogP contribution in [0.2, 0.25) is 10.0 Å². The highest BCUT2D eigenvalue weighted by molar-refractivity contribution is 8.01. The summed E-state index contributed by atoms with van der Waals surface area (Å²) in [7, 11) is 0. The second kappa shape index (κ2) is 5.87. The molecule has 98 valence electrons. The summed E-state index contributed by atoms with van der Waals surface area (Å²) in [6.45, 7) is 0. The second-order valence-corrected chi connectivity index (χ2v) is 6.41. The smallest absolute Gasteiger partial charge is 0.294 e. The van der Waals surface area contributed by atoms with E-state index in [9.17, 15) is 14.9 Å². The number of hydrogen-bond donors (Lipinski definition) is 0. The Bertz CT molecular complexity index is 640. The minimum atomic E-state index is -0.547. The van der Waals surface area contributed by atoms with E-state index in [0.29, 0.717) is 25.4 Å². The fraction of sp³-hybridized carbons (Fsp3) is 0. The Morgan fingerprint density at radius 3 is 2.53 bits per heavy atom. The summed E-state index contributed by atoms with van der Waals surface area (Å²) < 4.78 is 0.349. The summed E-state index contributed by atoms with van der Waals surface area (Å²) >= 11 is 14.0. The summed E-state index contributed by atoms with van der Waals surface area (Å²) in [5.74, 6) is 0. The van der Waals surface area contributed by atoms with Crippen molar-refractivity contribution in [2.75, 3.05) is 0 Å². The summed E-state index contributed by atoms with van der Waals surface area (Å²) in [5.41, 5.74) is -0.138. The molecule has 0 spiro atoms. The standard InChI is InChI=1S/C10H4Cl2N2O3S2/c11-6-2-13-3-7(12)9(6)19-10-8(14(16)17)1-5(4-15)18-10/h1-4H. The van der Waals surface area contributed by atoms with Crippen LogP contribution < -0.4 is 0 Å². The highest BCUT2D eigenvalue weighted by atomic mass is 35.5. The lowest BCUT2D eigenvalue weighted by atomic mass is 10.4. The number of carbonyl (C=O) groups is 1. The SMILES string of the molecule is O=Cc1cc([N+](=O)[O-])c(Sc2c(Cl)cncc2Cl)s1. The summed E-state index contributed by atoms with van der Waals surface area (Å²) in [5, 5.41) is 11.5. The third-order valence-corrected chi connectivity index (χ3v) is 5.20. The summed E-state index contributed by atoms with van der Waals surface area (Å²) in [6, 6.07) is 1.23. The topological polar surface area (TPSA) is 73.1 Å². The zero-order valence-electron chi connectivity index (χ0n) is 9.00. The molecule has 0 bridgehead atoms. The Hall–Kier alpha value is -1.15. The van der Waals surface area contributed by atoms with E-state index in [1.54, 1.807) is 0 Å². The Labute approximate surface area is 125 Å². The van der Waals surface area contributed by atoms with Crippen molar-refractivity contribution in [3.05, 3.63) is 43.5 Å². The molecule has 0 fully saturated rings. The first kappa shape index (κ1) is 14.3. The molecule has 0 saturated carbocycles. The van der Waals surface area contributed by atoms with Crippen molar-refractivity contribution in [3.63, 3.8) is 0 Å². The van der Waals surface area contributed by atoms with Crippen LogP contribution >= 0.6 is 46.3 Å². The first-order chi connectivity index (χ1) is 9.02. The van der Waals surface area contributed by atoms with Crippen molar-refractivity contribution >= 4 is 58.3 Å². The van der Waals surface area contributed by atoms with Crippen LogP contribution in [-0.4, -0.2) is 16.2 Å². The van der Waals surface area contributed by atoms with E-state index in [1.807, 2.05) is 0 Å². The number of nitrogens with zero attached hydrogens (tertiary/aromatic N) is 2. The minimum absolute atomic E-state index is 0.138. The average Bonchev–Trinajstić information content (AvgIpc) is 2.77. The molecule has 2 aromatic rings. The van der Waals surface area contributed by atoms with Gasteiger partial charge in [0.15, 0.2) is 6.29 Å². The van der Waals surface area contributed by atoms with E-state index in [-0.39, 0.29) is 10.6 Å². The lowest BCUT2D eigenvalue weighted by molar-refractivity contribution is -0.387. The number of halogens is 2. The molecule has 2 heterocycles. The molecular formula is C10H4Cl2N2O3S2. The molecule has 0 amide bonds. The van der Waals surface area contributed by atoms with E-state index in [1.165, 1.54) is 18.5 Å². The maximum absolute atomic E-state index is 10.9. The van der Waals surface area contributed by atoms with Gasteiger partial charge >= 0.3 is 0 Å². The summed E-state index contributed by atoms with van der Waals surface area (Å²) in [4.78, 5) is 25.6. The van der Waals surface area contributed by atoms with Crippen molar-refractivity contribution in [2.45, 2.75) is 9.10 Å². The van der Waals surface area contributed by atoms with Gasteiger partial charge in [0.25, 0.3) is 5.69 Å². The molecule has 0 aliphatic carbocycles. The quantitative estimate of drug-likeness (QED) is 0.472. The van der Waals surface area contributed by atoms with Crippen LogP contribution in [-0.2, 0) is 0 Å². The molecule has 19 heavy (non-hydrogen) atoms. The van der Waals surface area contributed by atoms with Gasteiger partial charge in [-0.2, -0.15) is 0 Å². The maximum Gasteiger partial charge on any atom is 0.294 e. The Balaban J connectivity index is 2.46. The third-order valence-electron chi connectivity index (χ3n) is 2.02. The molecule has 0 aliphatic rings. The number of pyridine rings is 1. The van der Waals surface area contributed by atoms with Gasteiger partial charge in [-0.1, -0.05) is 35.0 Å². The van der Waals surface area contributed by atoms with Crippen molar-refractivity contribution in [3.8, 4) is 0 Å². The lowest BCUT2D eigenvalue weighted by Crippen LogP contribution is -1.87. The monoisotopic (exact) mass is 334 g/mol. The first-order valence-corrected chi connectivity index (χ1v) is 7.12. The number of thiophene rings is 1. The molecule has 0 N–H and O–H groups in total. The fourth-order valence-corrected chi connectivity index (χ4v) is 3.93. The second-order valence-electron chi connectivity index (χ2n) is 3.23. The number of rotatable bonds is 4. The molecule has 2 rings (SSSR count). The van der Waals surface area contributed by atoms with Crippen molar-refractivity contribution < 1.29 is 9.72 Å². The van der Waals surface area contributed by atoms with E-state index in [2.05, 4.69) is 4.98 Å². The largest absolute Gasteiger partial charge is 0.297 e. The number of hydrogen-bond acceptors (Lipinski definition) is 6. The van der Waals surface area contributed by atoms with Crippen LogP contribution in [0.25, 0.3) is 0 Å². The number of nitro groups is 1. The van der Waals surface area contributed by atoms with Gasteiger partial charge in [-0.15, -0.1) is 11.3 Å². The zero-order valence-corrected chi connectivity index (χ0v) is 12.1. The normalized spacial score (nSPS) is 10.4.